The molecule has 0 fully saturated rings. The average Bonchev–Trinajstić information content (AvgIpc) is 2.44. The van der Waals surface area contributed by atoms with Crippen molar-refractivity contribution in [1.82, 2.24) is 0 Å². The Balaban J connectivity index is 2.78. The fraction of sp³-hybridized carbons (Fsp3) is 0.294. The molecule has 2 aromatic rings. The standard InChI is InChI=1S/C17H19BrO2/c1-11(2)9-10-14-15(18)17(20-4)13-8-6-5-7-12(13)16(14)19-3/h5-9H,10H2,1-4H3. The first-order valence-electron chi connectivity index (χ1n) is 6.54. The number of allylic oxidation sites excluding steroid dienone is 2. The molecule has 0 spiro atoms. The van der Waals surface area contributed by atoms with Crippen molar-refractivity contribution >= 4 is 26.7 Å². The van der Waals surface area contributed by atoms with Crippen molar-refractivity contribution in [3.63, 3.8) is 0 Å². The summed E-state index contributed by atoms with van der Waals surface area (Å²) in [6.07, 6.45) is 3.00. The Bertz CT molecular complexity index is 656. The second-order valence-electron chi connectivity index (χ2n) is 4.89. The molecule has 0 saturated heterocycles. The predicted molar refractivity (Wildman–Crippen MR) is 87.9 cm³/mol. The van der Waals surface area contributed by atoms with Gasteiger partial charge in [-0.1, -0.05) is 35.9 Å². The molecule has 0 saturated carbocycles. The molecule has 0 heterocycles. The second kappa shape index (κ2) is 6.31. The molecule has 0 aliphatic carbocycles. The number of benzene rings is 2. The van der Waals surface area contributed by atoms with E-state index in [9.17, 15) is 0 Å². The third-order valence-corrected chi connectivity index (χ3v) is 4.12. The van der Waals surface area contributed by atoms with E-state index in [1.54, 1.807) is 14.2 Å². The molecule has 0 unspecified atom stereocenters. The fourth-order valence-corrected chi connectivity index (χ4v) is 3.04. The molecule has 2 nitrogen and oxygen atoms in total. The quantitative estimate of drug-likeness (QED) is 0.721. The first-order valence-corrected chi connectivity index (χ1v) is 7.33. The molecule has 0 atom stereocenters. The highest BCUT2D eigenvalue weighted by molar-refractivity contribution is 9.10. The molecule has 2 aromatic carbocycles. The first kappa shape index (κ1) is 14.9. The van der Waals surface area contributed by atoms with Gasteiger partial charge in [0.1, 0.15) is 11.5 Å². The van der Waals surface area contributed by atoms with Crippen LogP contribution in [-0.2, 0) is 6.42 Å². The maximum atomic E-state index is 5.66. The van der Waals surface area contributed by atoms with Crippen LogP contribution in [0.2, 0.25) is 0 Å². The van der Waals surface area contributed by atoms with Gasteiger partial charge >= 0.3 is 0 Å². The van der Waals surface area contributed by atoms with Gasteiger partial charge in [-0.2, -0.15) is 0 Å². The third kappa shape index (κ3) is 2.68. The van der Waals surface area contributed by atoms with Gasteiger partial charge in [0.25, 0.3) is 0 Å². The van der Waals surface area contributed by atoms with E-state index in [0.29, 0.717) is 0 Å². The van der Waals surface area contributed by atoms with Crippen molar-refractivity contribution in [1.29, 1.82) is 0 Å². The highest BCUT2D eigenvalue weighted by Gasteiger charge is 2.18. The monoisotopic (exact) mass is 334 g/mol. The predicted octanol–water partition coefficient (Wildman–Crippen LogP) is 5.13. The minimum atomic E-state index is 0.813. The van der Waals surface area contributed by atoms with E-state index in [1.807, 2.05) is 18.2 Å². The summed E-state index contributed by atoms with van der Waals surface area (Å²) < 4.78 is 12.2. The molecular weight excluding hydrogens is 316 g/mol. The van der Waals surface area contributed by atoms with E-state index in [-0.39, 0.29) is 0 Å². The lowest BCUT2D eigenvalue weighted by Gasteiger charge is -2.17. The number of halogens is 1. The van der Waals surface area contributed by atoms with E-state index >= 15 is 0 Å². The average molecular weight is 335 g/mol. The second-order valence-corrected chi connectivity index (χ2v) is 5.68. The van der Waals surface area contributed by atoms with Crippen LogP contribution >= 0.6 is 15.9 Å². The van der Waals surface area contributed by atoms with Crippen LogP contribution < -0.4 is 9.47 Å². The van der Waals surface area contributed by atoms with Gasteiger partial charge < -0.3 is 9.47 Å². The fourth-order valence-electron chi connectivity index (χ4n) is 2.32. The Kier molecular flexibility index (Phi) is 4.71. The van der Waals surface area contributed by atoms with E-state index in [2.05, 4.69) is 41.9 Å². The third-order valence-electron chi connectivity index (χ3n) is 3.28. The lowest BCUT2D eigenvalue weighted by Crippen LogP contribution is -1.98. The Morgan fingerprint density at radius 2 is 1.60 bits per heavy atom. The van der Waals surface area contributed by atoms with Crippen LogP contribution in [0, 0.1) is 0 Å². The molecule has 0 N–H and O–H groups in total. The van der Waals surface area contributed by atoms with Crippen molar-refractivity contribution in [3.05, 3.63) is 46.0 Å². The SMILES string of the molecule is COc1c(Br)c(CC=C(C)C)c(OC)c2ccccc12. The normalized spacial score (nSPS) is 10.4. The van der Waals surface area contributed by atoms with Crippen molar-refractivity contribution in [2.45, 2.75) is 20.3 Å². The van der Waals surface area contributed by atoms with Gasteiger partial charge in [-0.25, -0.2) is 0 Å². The van der Waals surface area contributed by atoms with Crippen molar-refractivity contribution in [3.8, 4) is 11.5 Å². The summed E-state index contributed by atoms with van der Waals surface area (Å²) in [5.74, 6) is 1.77. The summed E-state index contributed by atoms with van der Waals surface area (Å²) in [4.78, 5) is 0. The van der Waals surface area contributed by atoms with Gasteiger partial charge in [0.15, 0.2) is 0 Å². The summed E-state index contributed by atoms with van der Waals surface area (Å²) in [5, 5.41) is 2.13. The summed E-state index contributed by atoms with van der Waals surface area (Å²) in [5.41, 5.74) is 2.40. The Labute approximate surface area is 128 Å². The number of hydrogen-bond acceptors (Lipinski definition) is 2. The zero-order chi connectivity index (χ0) is 14.7. The van der Waals surface area contributed by atoms with Crippen molar-refractivity contribution in [2.75, 3.05) is 14.2 Å². The van der Waals surface area contributed by atoms with Crippen LogP contribution in [0.5, 0.6) is 11.5 Å². The number of ether oxygens (including phenoxy) is 2. The maximum absolute atomic E-state index is 5.66. The summed E-state index contributed by atoms with van der Waals surface area (Å²) >= 11 is 3.67. The topological polar surface area (TPSA) is 18.5 Å². The Morgan fingerprint density at radius 1 is 1.05 bits per heavy atom. The maximum Gasteiger partial charge on any atom is 0.141 e. The van der Waals surface area contributed by atoms with E-state index in [4.69, 9.17) is 9.47 Å². The van der Waals surface area contributed by atoms with Gasteiger partial charge in [-0.3, -0.25) is 0 Å². The molecule has 106 valence electrons. The Morgan fingerprint density at radius 3 is 2.10 bits per heavy atom. The lowest BCUT2D eigenvalue weighted by molar-refractivity contribution is 0.405. The summed E-state index contributed by atoms with van der Waals surface area (Å²) in [7, 11) is 3.41. The lowest BCUT2D eigenvalue weighted by atomic mass is 10.0. The molecule has 20 heavy (non-hydrogen) atoms. The molecule has 3 heteroatoms. The molecule has 2 rings (SSSR count). The van der Waals surface area contributed by atoms with Crippen molar-refractivity contribution < 1.29 is 9.47 Å². The van der Waals surface area contributed by atoms with Crippen LogP contribution in [0.3, 0.4) is 0 Å². The van der Waals surface area contributed by atoms with Crippen LogP contribution in [0.25, 0.3) is 10.8 Å². The molecule has 0 aliphatic heterocycles. The number of hydrogen-bond donors (Lipinski definition) is 0. The molecule has 0 aromatic heterocycles. The number of fused-ring (bicyclic) bond motifs is 1. The summed E-state index contributed by atoms with van der Waals surface area (Å²) in [6.45, 7) is 4.19. The highest BCUT2D eigenvalue weighted by Crippen LogP contribution is 2.44. The van der Waals surface area contributed by atoms with Crippen LogP contribution in [0.15, 0.2) is 40.4 Å². The molecular formula is C17H19BrO2. The molecule has 0 bridgehead atoms. The van der Waals surface area contributed by atoms with Gasteiger partial charge in [-0.15, -0.1) is 0 Å². The van der Waals surface area contributed by atoms with E-state index in [0.717, 1.165) is 38.7 Å². The molecule has 0 radical (unpaired) electrons. The zero-order valence-electron chi connectivity index (χ0n) is 12.3. The van der Waals surface area contributed by atoms with Gasteiger partial charge in [-0.05, 0) is 36.2 Å². The zero-order valence-corrected chi connectivity index (χ0v) is 13.9. The van der Waals surface area contributed by atoms with Gasteiger partial charge in [0.2, 0.25) is 0 Å². The minimum absolute atomic E-state index is 0.813. The molecule has 0 aliphatic rings. The van der Waals surface area contributed by atoms with Crippen LogP contribution in [0.4, 0.5) is 0 Å². The van der Waals surface area contributed by atoms with Crippen molar-refractivity contribution in [2.24, 2.45) is 0 Å². The smallest absolute Gasteiger partial charge is 0.141 e. The van der Waals surface area contributed by atoms with Crippen LogP contribution in [0.1, 0.15) is 19.4 Å². The Hall–Kier alpha value is -1.48. The summed E-state index contributed by atoms with van der Waals surface area (Å²) in [6, 6.07) is 8.14. The van der Waals surface area contributed by atoms with E-state index < -0.39 is 0 Å². The number of rotatable bonds is 4. The largest absolute Gasteiger partial charge is 0.496 e. The first-order chi connectivity index (χ1) is 9.60. The molecule has 0 amide bonds. The number of methoxy groups -OCH3 is 2. The van der Waals surface area contributed by atoms with Gasteiger partial charge in [0.05, 0.1) is 18.7 Å². The van der Waals surface area contributed by atoms with Gasteiger partial charge in [0, 0.05) is 16.3 Å². The minimum Gasteiger partial charge on any atom is -0.496 e. The highest BCUT2D eigenvalue weighted by atomic mass is 79.9. The van der Waals surface area contributed by atoms with Crippen LogP contribution in [-0.4, -0.2) is 14.2 Å². The van der Waals surface area contributed by atoms with E-state index in [1.165, 1.54) is 5.57 Å².